The molecule has 4 fully saturated rings. The zero-order valence-electron chi connectivity index (χ0n) is 29.1. The van der Waals surface area contributed by atoms with Crippen LogP contribution in [-0.2, 0) is 16.0 Å². The Kier molecular flexibility index (Phi) is 8.14. The highest BCUT2D eigenvalue weighted by atomic mass is 16.5. The van der Waals surface area contributed by atoms with Gasteiger partial charge in [-0.15, -0.1) is 6.42 Å². The van der Waals surface area contributed by atoms with Crippen molar-refractivity contribution in [1.82, 2.24) is 14.8 Å². The minimum atomic E-state index is -1.04. The number of terminal acetylenes is 1. The number of hydrogen-bond donors (Lipinski definition) is 1. The lowest BCUT2D eigenvalue weighted by Crippen LogP contribution is -2.54. The third-order valence-corrected chi connectivity index (χ3v) is 13.0. The second kappa shape index (κ2) is 12.4. The van der Waals surface area contributed by atoms with Crippen LogP contribution in [0, 0.1) is 29.6 Å². The van der Waals surface area contributed by atoms with Gasteiger partial charge in [-0.1, -0.05) is 37.1 Å². The van der Waals surface area contributed by atoms with Gasteiger partial charge >= 0.3 is 5.97 Å². The van der Waals surface area contributed by atoms with Crippen LogP contribution in [0.4, 0.5) is 5.69 Å². The molecule has 2 aliphatic heterocycles. The number of anilines is 1. The molecule has 8 rings (SSSR count). The van der Waals surface area contributed by atoms with Crippen molar-refractivity contribution in [3.05, 3.63) is 65.4 Å². The number of amides is 2. The predicted octanol–water partition coefficient (Wildman–Crippen LogP) is 5.33. The molecule has 9 heteroatoms. The van der Waals surface area contributed by atoms with Crippen LogP contribution in [0.3, 0.4) is 0 Å². The number of aliphatic hydroxyl groups is 1. The lowest BCUT2D eigenvalue weighted by molar-refractivity contribution is -0.135. The van der Waals surface area contributed by atoms with Crippen molar-refractivity contribution in [1.29, 1.82) is 0 Å². The highest BCUT2D eigenvalue weighted by Crippen LogP contribution is 2.64. The van der Waals surface area contributed by atoms with Gasteiger partial charge in [-0.3, -0.25) is 14.4 Å². The molecule has 260 valence electrons. The van der Waals surface area contributed by atoms with E-state index in [0.717, 1.165) is 55.1 Å². The fourth-order valence-electron chi connectivity index (χ4n) is 10.3. The molecule has 3 heterocycles. The highest BCUT2D eigenvalue weighted by Gasteiger charge is 2.61. The zero-order valence-corrected chi connectivity index (χ0v) is 29.1. The van der Waals surface area contributed by atoms with Gasteiger partial charge in [-0.25, -0.2) is 4.98 Å². The maximum absolute atomic E-state index is 13.9. The standard InChI is InChI=1S/C41H46N4O5/c1-4-41(49)18-16-32-30-13-11-28-24-37(50-26(2)46)36(25-31(28)29(30)15-17-40(32,41)3)43-20-22-44(23-21-43)39(48)35-10-7-19-45(35)38(47)34-14-12-27-8-5-6-9-33(27)42-34/h1,5-6,8-9,12,14,24-25,29-30,32,35,49H,7,10-11,13,15-23H2,2-3H3/t29-,30+,32-,35-,40-,41-/m0/s1. The number of hydrogen-bond acceptors (Lipinski definition) is 7. The third kappa shape index (κ3) is 5.26. The third-order valence-electron chi connectivity index (χ3n) is 13.0. The van der Waals surface area contributed by atoms with Crippen molar-refractivity contribution in [2.75, 3.05) is 37.6 Å². The molecule has 9 nitrogen and oxygen atoms in total. The first kappa shape index (κ1) is 32.8. The van der Waals surface area contributed by atoms with Crippen LogP contribution < -0.4 is 9.64 Å². The first-order chi connectivity index (χ1) is 24.1. The molecule has 5 aliphatic rings. The number of aryl methyl sites for hydroxylation is 1. The van der Waals surface area contributed by atoms with Crippen LogP contribution >= 0.6 is 0 Å². The van der Waals surface area contributed by atoms with E-state index in [1.54, 1.807) is 11.0 Å². The first-order valence-corrected chi connectivity index (χ1v) is 18.4. The Morgan fingerprint density at radius 3 is 2.56 bits per heavy atom. The summed E-state index contributed by atoms with van der Waals surface area (Å²) in [6.07, 6.45) is 12.7. The van der Waals surface area contributed by atoms with Gasteiger partial charge in [0.25, 0.3) is 5.91 Å². The number of fused-ring (bicyclic) bond motifs is 6. The minimum absolute atomic E-state index is 0.0153. The molecule has 6 atom stereocenters. The quantitative estimate of drug-likeness (QED) is 0.227. The smallest absolute Gasteiger partial charge is 0.308 e. The largest absolute Gasteiger partial charge is 0.424 e. The Labute approximate surface area is 294 Å². The van der Waals surface area contributed by atoms with Gasteiger partial charge in [-0.05, 0) is 105 Å². The second-order valence-electron chi connectivity index (χ2n) is 15.4. The number of likely N-dealkylation sites (tertiary alicyclic amines) is 1. The van der Waals surface area contributed by atoms with Crippen LogP contribution in [0.25, 0.3) is 10.9 Å². The lowest BCUT2D eigenvalue weighted by atomic mass is 9.53. The molecule has 3 aromatic rings. The number of aromatic nitrogens is 1. The summed E-state index contributed by atoms with van der Waals surface area (Å²) < 4.78 is 5.83. The van der Waals surface area contributed by atoms with E-state index >= 15 is 0 Å². The lowest BCUT2D eigenvalue weighted by Gasteiger charge is -2.52. The Morgan fingerprint density at radius 1 is 0.980 bits per heavy atom. The summed E-state index contributed by atoms with van der Waals surface area (Å²) in [5.74, 6) is 3.98. The van der Waals surface area contributed by atoms with E-state index in [1.807, 2.05) is 35.2 Å². The van der Waals surface area contributed by atoms with E-state index in [0.29, 0.717) is 74.8 Å². The molecule has 2 aromatic carbocycles. The monoisotopic (exact) mass is 674 g/mol. The maximum atomic E-state index is 13.9. The Balaban J connectivity index is 0.993. The van der Waals surface area contributed by atoms with Gasteiger partial charge < -0.3 is 24.5 Å². The molecule has 0 radical (unpaired) electrons. The number of nitrogens with zero attached hydrogens (tertiary/aromatic N) is 4. The van der Waals surface area contributed by atoms with Crippen molar-refractivity contribution >= 4 is 34.4 Å². The van der Waals surface area contributed by atoms with Crippen LogP contribution in [0.15, 0.2) is 48.5 Å². The van der Waals surface area contributed by atoms with E-state index in [1.165, 1.54) is 18.1 Å². The summed E-state index contributed by atoms with van der Waals surface area (Å²) >= 11 is 0. The van der Waals surface area contributed by atoms with Crippen LogP contribution in [0.1, 0.15) is 86.3 Å². The molecular formula is C41H46N4O5. The maximum Gasteiger partial charge on any atom is 0.308 e. The summed E-state index contributed by atoms with van der Waals surface area (Å²) in [5.41, 5.74) is 3.27. The normalized spacial score (nSPS) is 30.3. The number of para-hydroxylation sites is 1. The molecule has 0 bridgehead atoms. The Hall–Kier alpha value is -4.42. The average Bonchev–Trinajstić information content (AvgIpc) is 3.73. The van der Waals surface area contributed by atoms with Gasteiger partial charge in [0.15, 0.2) is 5.75 Å². The van der Waals surface area contributed by atoms with Crippen molar-refractivity contribution in [3.63, 3.8) is 0 Å². The number of benzene rings is 2. The number of ether oxygens (including phenoxy) is 1. The van der Waals surface area contributed by atoms with Crippen molar-refractivity contribution in [2.45, 2.75) is 82.8 Å². The SMILES string of the molecule is C#C[C@]1(O)CC[C@H]2[C@@H]3CCc4cc(OC(C)=O)c(N5CCN(C(=O)[C@@H]6CCCN6C(=O)c6ccc7ccccc7n6)CC5)cc4[C@H]3CC[C@@]21C. The molecule has 2 saturated heterocycles. The molecule has 0 spiro atoms. The molecule has 2 saturated carbocycles. The topological polar surface area (TPSA) is 103 Å². The highest BCUT2D eigenvalue weighted by molar-refractivity contribution is 5.98. The number of carbonyl (C=O) groups excluding carboxylic acids is 3. The number of piperazine rings is 1. The van der Waals surface area contributed by atoms with E-state index < -0.39 is 11.6 Å². The fourth-order valence-corrected chi connectivity index (χ4v) is 10.3. The molecule has 1 N–H and O–H groups in total. The van der Waals surface area contributed by atoms with Gasteiger partial charge in [0.2, 0.25) is 5.91 Å². The number of pyridine rings is 1. The van der Waals surface area contributed by atoms with E-state index in [-0.39, 0.29) is 23.2 Å². The molecular weight excluding hydrogens is 628 g/mol. The molecule has 50 heavy (non-hydrogen) atoms. The summed E-state index contributed by atoms with van der Waals surface area (Å²) in [5, 5.41) is 12.4. The first-order valence-electron chi connectivity index (χ1n) is 18.4. The van der Waals surface area contributed by atoms with E-state index in [9.17, 15) is 19.5 Å². The van der Waals surface area contributed by atoms with Crippen molar-refractivity contribution < 1.29 is 24.2 Å². The molecule has 0 unspecified atom stereocenters. The van der Waals surface area contributed by atoms with Crippen molar-refractivity contribution in [3.8, 4) is 18.1 Å². The predicted molar refractivity (Wildman–Crippen MR) is 191 cm³/mol. The number of carbonyl (C=O) groups is 3. The van der Waals surface area contributed by atoms with Crippen LogP contribution in [0.2, 0.25) is 0 Å². The molecule has 2 amide bonds. The summed E-state index contributed by atoms with van der Waals surface area (Å²) in [6, 6.07) is 15.2. The Morgan fingerprint density at radius 2 is 1.78 bits per heavy atom. The second-order valence-corrected chi connectivity index (χ2v) is 15.4. The Bertz CT molecular complexity index is 1910. The molecule has 1 aromatic heterocycles. The van der Waals surface area contributed by atoms with Gasteiger partial charge in [0.05, 0.1) is 11.2 Å². The van der Waals surface area contributed by atoms with Crippen molar-refractivity contribution in [2.24, 2.45) is 17.3 Å². The summed E-state index contributed by atoms with van der Waals surface area (Å²) in [4.78, 5) is 50.3. The zero-order chi connectivity index (χ0) is 34.8. The summed E-state index contributed by atoms with van der Waals surface area (Å²) in [6.45, 7) is 6.39. The van der Waals surface area contributed by atoms with Crippen LogP contribution in [-0.4, -0.2) is 82.0 Å². The van der Waals surface area contributed by atoms with Gasteiger partial charge in [-0.2, -0.15) is 0 Å². The number of rotatable bonds is 4. The van der Waals surface area contributed by atoms with Crippen LogP contribution in [0.5, 0.6) is 5.75 Å². The molecule has 3 aliphatic carbocycles. The fraction of sp³-hybridized carbons (Fsp3) is 0.512. The van der Waals surface area contributed by atoms with Gasteiger partial charge in [0.1, 0.15) is 17.3 Å². The summed E-state index contributed by atoms with van der Waals surface area (Å²) in [7, 11) is 0. The van der Waals surface area contributed by atoms with Gasteiger partial charge in [0, 0.05) is 50.4 Å². The minimum Gasteiger partial charge on any atom is -0.424 e. The number of esters is 1. The van der Waals surface area contributed by atoms with E-state index in [2.05, 4.69) is 34.9 Å². The average molecular weight is 675 g/mol. The van der Waals surface area contributed by atoms with E-state index in [4.69, 9.17) is 11.2 Å².